The Morgan fingerprint density at radius 2 is 1.49 bits per heavy atom. The van der Waals surface area contributed by atoms with Crippen LogP contribution in [-0.2, 0) is 18.8 Å². The molecular weight excluding hydrogens is 548 g/mol. The Morgan fingerprint density at radius 3 is 2.07 bits per heavy atom. The quantitative estimate of drug-likeness (QED) is 0.442. The number of nitrogens with zero attached hydrogens (tertiary/aromatic N) is 3. The number of aliphatic hydroxyl groups is 1. The molecule has 226 valence electrons. The molecule has 1 amide bonds. The number of alkyl halides is 6. The molecule has 4 rings (SSSR count). The molecule has 0 aromatic heterocycles. The number of rotatable bonds is 7. The van der Waals surface area contributed by atoms with E-state index >= 15 is 0 Å². The van der Waals surface area contributed by atoms with Crippen molar-refractivity contribution in [3.63, 3.8) is 0 Å². The number of likely N-dealkylation sites (tertiary alicyclic amines) is 1. The number of halogens is 6. The first-order valence-corrected chi connectivity index (χ1v) is 14.0. The van der Waals surface area contributed by atoms with Crippen molar-refractivity contribution in [3.05, 3.63) is 69.8 Å². The second-order valence-corrected chi connectivity index (χ2v) is 11.4. The van der Waals surface area contributed by atoms with Crippen molar-refractivity contribution in [2.45, 2.75) is 51.5 Å². The zero-order valence-electron chi connectivity index (χ0n) is 23.4. The van der Waals surface area contributed by atoms with Gasteiger partial charge in [-0.3, -0.25) is 9.69 Å². The van der Waals surface area contributed by atoms with E-state index in [0.29, 0.717) is 38.2 Å². The number of piperidine rings is 1. The van der Waals surface area contributed by atoms with Crippen molar-refractivity contribution in [2.75, 3.05) is 52.4 Å². The van der Waals surface area contributed by atoms with Gasteiger partial charge >= 0.3 is 12.4 Å². The Hall–Kier alpha value is -2.63. The van der Waals surface area contributed by atoms with Crippen LogP contribution in [0.1, 0.15) is 51.0 Å². The van der Waals surface area contributed by atoms with Crippen LogP contribution >= 0.6 is 0 Å². The zero-order chi connectivity index (χ0) is 29.9. The van der Waals surface area contributed by atoms with E-state index in [4.69, 9.17) is 0 Å². The summed E-state index contributed by atoms with van der Waals surface area (Å²) in [5.41, 5.74) is -0.512. The minimum atomic E-state index is -5.03. The summed E-state index contributed by atoms with van der Waals surface area (Å²) in [6.07, 6.45) is -7.63. The summed E-state index contributed by atoms with van der Waals surface area (Å²) >= 11 is 0. The number of benzene rings is 2. The van der Waals surface area contributed by atoms with E-state index in [1.165, 1.54) is 4.90 Å². The van der Waals surface area contributed by atoms with Gasteiger partial charge in [0, 0.05) is 57.5 Å². The highest BCUT2D eigenvalue weighted by atomic mass is 19.4. The molecule has 2 aromatic carbocycles. The van der Waals surface area contributed by atoms with Crippen LogP contribution in [0.5, 0.6) is 0 Å². The van der Waals surface area contributed by atoms with E-state index in [0.717, 1.165) is 49.2 Å². The third kappa shape index (κ3) is 8.02. The fourth-order valence-corrected chi connectivity index (χ4v) is 5.80. The zero-order valence-corrected chi connectivity index (χ0v) is 23.4. The third-order valence-corrected chi connectivity index (χ3v) is 8.30. The molecule has 0 bridgehead atoms. The van der Waals surface area contributed by atoms with Gasteiger partial charge in [-0.2, -0.15) is 26.3 Å². The summed E-state index contributed by atoms with van der Waals surface area (Å²) < 4.78 is 81.0. The summed E-state index contributed by atoms with van der Waals surface area (Å²) in [7, 11) is 0. The molecular formula is C30H37F6N3O2. The number of carbonyl (C=O) groups excluding carboxylic acids is 1. The van der Waals surface area contributed by atoms with Crippen LogP contribution in [0, 0.1) is 19.8 Å². The number of aryl methyl sites for hydroxylation is 2. The molecule has 1 N–H and O–H groups in total. The Morgan fingerprint density at radius 1 is 0.854 bits per heavy atom. The lowest BCUT2D eigenvalue weighted by Gasteiger charge is -2.43. The van der Waals surface area contributed by atoms with Crippen LogP contribution in [0.4, 0.5) is 26.3 Å². The number of hydrogen-bond donors (Lipinski definition) is 1. The first-order valence-electron chi connectivity index (χ1n) is 14.0. The van der Waals surface area contributed by atoms with E-state index in [2.05, 4.69) is 9.80 Å². The van der Waals surface area contributed by atoms with Crippen molar-refractivity contribution in [1.82, 2.24) is 14.7 Å². The first-order chi connectivity index (χ1) is 19.2. The molecule has 0 saturated carbocycles. The molecule has 2 aromatic rings. The van der Waals surface area contributed by atoms with E-state index < -0.39 is 41.0 Å². The van der Waals surface area contributed by atoms with Crippen LogP contribution in [0.2, 0.25) is 0 Å². The lowest BCUT2D eigenvalue weighted by atomic mass is 9.97. The van der Waals surface area contributed by atoms with Crippen molar-refractivity contribution >= 4 is 5.91 Å². The fraction of sp³-hybridized carbons (Fsp3) is 0.567. The molecule has 2 saturated heterocycles. The maximum Gasteiger partial charge on any atom is 0.416 e. The van der Waals surface area contributed by atoms with Gasteiger partial charge in [-0.25, -0.2) is 0 Å². The predicted octanol–water partition coefficient (Wildman–Crippen LogP) is 5.41. The first kappa shape index (κ1) is 31.3. The number of hydrogen-bond acceptors (Lipinski definition) is 4. The lowest BCUT2D eigenvalue weighted by molar-refractivity contribution is -0.143. The minimum absolute atomic E-state index is 0.0449. The lowest BCUT2D eigenvalue weighted by Crippen LogP contribution is -2.57. The average molecular weight is 586 g/mol. The van der Waals surface area contributed by atoms with Gasteiger partial charge in [0.15, 0.2) is 0 Å². The summed E-state index contributed by atoms with van der Waals surface area (Å²) in [5, 5.41) is 9.54. The van der Waals surface area contributed by atoms with Gasteiger partial charge in [0.05, 0.1) is 11.1 Å². The number of aliphatic hydroxyl groups excluding tert-OH is 1. The SMILES string of the molecule is Cc1ccc(C[C@@H]2CN(CCN3CCCC(CO)C3)CCN2C(=O)c2cc(C(F)(F)F)cc(C(F)(F)F)c2)cc1C. The molecule has 41 heavy (non-hydrogen) atoms. The highest BCUT2D eigenvalue weighted by Crippen LogP contribution is 2.37. The van der Waals surface area contributed by atoms with Crippen molar-refractivity contribution in [2.24, 2.45) is 5.92 Å². The van der Waals surface area contributed by atoms with E-state index in [9.17, 15) is 36.2 Å². The topological polar surface area (TPSA) is 47.0 Å². The van der Waals surface area contributed by atoms with Crippen molar-refractivity contribution in [1.29, 1.82) is 0 Å². The molecule has 0 radical (unpaired) electrons. The normalized spacial score (nSPS) is 21.3. The molecule has 2 aliphatic heterocycles. The van der Waals surface area contributed by atoms with Crippen LogP contribution in [0.15, 0.2) is 36.4 Å². The Bertz CT molecular complexity index is 1180. The second-order valence-electron chi connectivity index (χ2n) is 11.4. The molecule has 11 heteroatoms. The summed E-state index contributed by atoms with van der Waals surface area (Å²) in [5.74, 6) is -0.582. The van der Waals surface area contributed by atoms with Crippen LogP contribution in [0.25, 0.3) is 0 Å². The van der Waals surface area contributed by atoms with E-state index in [1.54, 1.807) is 0 Å². The van der Waals surface area contributed by atoms with Gasteiger partial charge in [-0.05, 0) is 80.5 Å². The molecule has 0 aliphatic carbocycles. The number of carbonyl (C=O) groups is 1. The summed E-state index contributed by atoms with van der Waals surface area (Å²) in [6.45, 7) is 8.44. The van der Waals surface area contributed by atoms with Crippen molar-refractivity contribution < 1.29 is 36.2 Å². The number of amides is 1. The van der Waals surface area contributed by atoms with Gasteiger partial charge in [0.25, 0.3) is 5.91 Å². The molecule has 2 atom stereocenters. The molecule has 1 unspecified atom stereocenters. The molecule has 2 fully saturated rings. The third-order valence-electron chi connectivity index (χ3n) is 8.30. The Kier molecular flexibility index (Phi) is 9.70. The monoisotopic (exact) mass is 585 g/mol. The van der Waals surface area contributed by atoms with Gasteiger partial charge in [0.2, 0.25) is 0 Å². The highest BCUT2D eigenvalue weighted by Gasteiger charge is 2.39. The average Bonchev–Trinajstić information content (AvgIpc) is 2.92. The number of piperazine rings is 1. The van der Waals surface area contributed by atoms with Gasteiger partial charge in [0.1, 0.15) is 0 Å². The maximum absolute atomic E-state index is 13.6. The van der Waals surface area contributed by atoms with Gasteiger partial charge in [-0.15, -0.1) is 0 Å². The van der Waals surface area contributed by atoms with E-state index in [1.807, 2.05) is 32.0 Å². The molecule has 2 aliphatic rings. The second kappa shape index (κ2) is 12.7. The van der Waals surface area contributed by atoms with Crippen LogP contribution in [-0.4, -0.2) is 84.2 Å². The standard InChI is InChI=1S/C30H37F6N3O2/c1-20-5-6-22(12-21(20)2)13-27-18-38(9-8-37-7-3-4-23(17-37)19-40)10-11-39(27)28(41)24-14-25(29(31,32)33)16-26(15-24)30(34,35)36/h5-6,12,14-16,23,27,40H,3-4,7-11,13,17-19H2,1-2H3/t23?,27-/m1/s1. The van der Waals surface area contributed by atoms with Gasteiger partial charge in [-0.1, -0.05) is 18.2 Å². The van der Waals surface area contributed by atoms with Crippen LogP contribution in [0.3, 0.4) is 0 Å². The minimum Gasteiger partial charge on any atom is -0.396 e. The fourth-order valence-electron chi connectivity index (χ4n) is 5.80. The molecule has 2 heterocycles. The summed E-state index contributed by atoms with van der Waals surface area (Å²) in [6, 6.07) is 6.56. The predicted molar refractivity (Wildman–Crippen MR) is 144 cm³/mol. The maximum atomic E-state index is 13.6. The molecule has 0 spiro atoms. The largest absolute Gasteiger partial charge is 0.416 e. The van der Waals surface area contributed by atoms with Crippen LogP contribution < -0.4 is 0 Å². The van der Waals surface area contributed by atoms with E-state index in [-0.39, 0.29) is 25.1 Å². The van der Waals surface area contributed by atoms with Crippen molar-refractivity contribution in [3.8, 4) is 0 Å². The molecule has 5 nitrogen and oxygen atoms in total. The van der Waals surface area contributed by atoms with Gasteiger partial charge < -0.3 is 14.9 Å². The highest BCUT2D eigenvalue weighted by molar-refractivity contribution is 5.95. The summed E-state index contributed by atoms with van der Waals surface area (Å²) in [4.78, 5) is 19.5. The smallest absolute Gasteiger partial charge is 0.396 e. The Balaban J connectivity index is 1.57. The Labute approximate surface area is 236 Å².